The number of nitrogens with one attached hydrogen (secondary N) is 1. The highest BCUT2D eigenvalue weighted by molar-refractivity contribution is 8.26. The third kappa shape index (κ3) is 4.72. The molecule has 2 aromatic rings. The number of ether oxygens (including phenoxy) is 1. The summed E-state index contributed by atoms with van der Waals surface area (Å²) in [5, 5.41) is 11.9. The van der Waals surface area contributed by atoms with Crippen LogP contribution >= 0.6 is 24.0 Å². The lowest BCUT2D eigenvalue weighted by atomic mass is 10.2. The summed E-state index contributed by atoms with van der Waals surface area (Å²) in [6.07, 6.45) is 3.98. The topological polar surface area (TPSA) is 96.2 Å². The standard InChI is InChI=1S/C20H24N4O4S2/c1-3-13(2)24-19(27)15(30-20(24)29)12-14-17(21-7-10-28-11-9-25)22-16-6-4-5-8-23(16)18(14)26/h4-6,8,12-13,21,25H,3,7,9-11H2,1-2H3/b15-12+. The van der Waals surface area contributed by atoms with Gasteiger partial charge in [0, 0.05) is 18.8 Å². The van der Waals surface area contributed by atoms with Crippen molar-refractivity contribution in [1.29, 1.82) is 0 Å². The SMILES string of the molecule is CCC(C)N1C(=O)/C(=C\c2c(NCCOCCO)nc3ccccn3c2=O)SC1=S. The summed E-state index contributed by atoms with van der Waals surface area (Å²) in [6.45, 7) is 4.85. The summed E-state index contributed by atoms with van der Waals surface area (Å²) < 4.78 is 7.18. The molecule has 1 unspecified atom stereocenters. The van der Waals surface area contributed by atoms with Crippen molar-refractivity contribution < 1.29 is 14.6 Å². The predicted molar refractivity (Wildman–Crippen MR) is 123 cm³/mol. The van der Waals surface area contributed by atoms with Crippen molar-refractivity contribution >= 4 is 51.7 Å². The number of fused-ring (bicyclic) bond motifs is 1. The molecule has 2 aromatic heterocycles. The van der Waals surface area contributed by atoms with Crippen molar-refractivity contribution in [3.63, 3.8) is 0 Å². The summed E-state index contributed by atoms with van der Waals surface area (Å²) in [4.78, 5) is 32.6. The van der Waals surface area contributed by atoms with Gasteiger partial charge < -0.3 is 15.2 Å². The van der Waals surface area contributed by atoms with E-state index in [1.807, 2.05) is 13.8 Å². The van der Waals surface area contributed by atoms with Crippen LogP contribution in [0.4, 0.5) is 5.82 Å². The van der Waals surface area contributed by atoms with Crippen molar-refractivity contribution in [2.45, 2.75) is 26.3 Å². The molecule has 1 aliphatic rings. The van der Waals surface area contributed by atoms with Crippen LogP contribution in [0.3, 0.4) is 0 Å². The van der Waals surface area contributed by atoms with Gasteiger partial charge in [-0.05, 0) is 31.6 Å². The van der Waals surface area contributed by atoms with E-state index in [4.69, 9.17) is 22.1 Å². The second-order valence-electron chi connectivity index (χ2n) is 6.68. The van der Waals surface area contributed by atoms with E-state index in [1.54, 1.807) is 35.4 Å². The number of carbonyl (C=O) groups is 1. The molecule has 0 aromatic carbocycles. The number of hydrogen-bond donors (Lipinski definition) is 2. The van der Waals surface area contributed by atoms with E-state index in [0.717, 1.165) is 6.42 Å². The van der Waals surface area contributed by atoms with Gasteiger partial charge in [0.1, 0.15) is 15.8 Å². The van der Waals surface area contributed by atoms with E-state index in [-0.39, 0.29) is 36.3 Å². The Labute approximate surface area is 183 Å². The quantitative estimate of drug-likeness (QED) is 0.342. The number of aromatic nitrogens is 2. The molecule has 3 rings (SSSR count). The van der Waals surface area contributed by atoms with Crippen molar-refractivity contribution in [2.24, 2.45) is 0 Å². The molecule has 3 heterocycles. The Morgan fingerprint density at radius 2 is 2.17 bits per heavy atom. The summed E-state index contributed by atoms with van der Waals surface area (Å²) in [6, 6.07) is 5.27. The Kier molecular flexibility index (Phi) is 7.59. The van der Waals surface area contributed by atoms with Crippen LogP contribution in [0.15, 0.2) is 34.1 Å². The molecule has 10 heteroatoms. The lowest BCUT2D eigenvalue weighted by Gasteiger charge is -2.21. The molecule has 0 aliphatic carbocycles. The van der Waals surface area contributed by atoms with Crippen molar-refractivity contribution in [2.75, 3.05) is 31.7 Å². The summed E-state index contributed by atoms with van der Waals surface area (Å²) >= 11 is 6.57. The maximum atomic E-state index is 13.1. The van der Waals surface area contributed by atoms with E-state index in [2.05, 4.69) is 10.3 Å². The largest absolute Gasteiger partial charge is 0.394 e. The van der Waals surface area contributed by atoms with Gasteiger partial charge in [-0.1, -0.05) is 37.0 Å². The first-order valence-electron chi connectivity index (χ1n) is 9.68. The minimum absolute atomic E-state index is 0.0134. The third-order valence-electron chi connectivity index (χ3n) is 4.67. The van der Waals surface area contributed by atoms with Crippen LogP contribution in [0.5, 0.6) is 0 Å². The normalized spacial score (nSPS) is 16.6. The zero-order valence-electron chi connectivity index (χ0n) is 16.8. The third-order valence-corrected chi connectivity index (χ3v) is 6.00. The second-order valence-corrected chi connectivity index (χ2v) is 8.36. The fourth-order valence-corrected chi connectivity index (χ4v) is 4.39. The van der Waals surface area contributed by atoms with Gasteiger partial charge in [0.2, 0.25) is 0 Å². The number of pyridine rings is 1. The highest BCUT2D eigenvalue weighted by Gasteiger charge is 2.35. The molecule has 0 saturated carbocycles. The van der Waals surface area contributed by atoms with Gasteiger partial charge in [0.05, 0.1) is 30.3 Å². The number of aliphatic hydroxyl groups excluding tert-OH is 1. The molecule has 1 fully saturated rings. The molecular formula is C20H24N4O4S2. The number of nitrogens with zero attached hydrogens (tertiary/aromatic N) is 3. The van der Waals surface area contributed by atoms with Gasteiger partial charge in [-0.2, -0.15) is 0 Å². The van der Waals surface area contributed by atoms with Gasteiger partial charge in [-0.25, -0.2) is 4.98 Å². The van der Waals surface area contributed by atoms with Crippen molar-refractivity contribution in [3.05, 3.63) is 45.2 Å². The van der Waals surface area contributed by atoms with Crippen LogP contribution in [0.25, 0.3) is 11.7 Å². The van der Waals surface area contributed by atoms with Gasteiger partial charge in [0.15, 0.2) is 0 Å². The number of thiocarbonyl (C=S) groups is 1. The number of amides is 1. The first-order valence-corrected chi connectivity index (χ1v) is 10.9. The number of rotatable bonds is 9. The Balaban J connectivity index is 1.99. The average Bonchev–Trinajstić information content (AvgIpc) is 3.02. The number of anilines is 1. The molecule has 30 heavy (non-hydrogen) atoms. The van der Waals surface area contributed by atoms with E-state index in [1.165, 1.54) is 16.2 Å². The summed E-state index contributed by atoms with van der Waals surface area (Å²) in [5.74, 6) is 0.168. The Bertz CT molecular complexity index is 1040. The molecule has 1 aliphatic heterocycles. The van der Waals surface area contributed by atoms with Crippen LogP contribution in [0.1, 0.15) is 25.8 Å². The van der Waals surface area contributed by atoms with Crippen LogP contribution in [0.2, 0.25) is 0 Å². The smallest absolute Gasteiger partial charge is 0.267 e. The minimum atomic E-state index is -0.284. The molecule has 160 valence electrons. The van der Waals surface area contributed by atoms with E-state index >= 15 is 0 Å². The van der Waals surface area contributed by atoms with Crippen molar-refractivity contribution in [3.8, 4) is 0 Å². The van der Waals surface area contributed by atoms with Crippen molar-refractivity contribution in [1.82, 2.24) is 14.3 Å². The lowest BCUT2D eigenvalue weighted by Crippen LogP contribution is -2.36. The monoisotopic (exact) mass is 448 g/mol. The van der Waals surface area contributed by atoms with Gasteiger partial charge >= 0.3 is 0 Å². The van der Waals surface area contributed by atoms with E-state index in [9.17, 15) is 9.59 Å². The maximum Gasteiger partial charge on any atom is 0.267 e. The zero-order valence-corrected chi connectivity index (χ0v) is 18.5. The molecule has 1 amide bonds. The van der Waals surface area contributed by atoms with Crippen LogP contribution < -0.4 is 10.9 Å². The summed E-state index contributed by atoms with van der Waals surface area (Å²) in [7, 11) is 0. The van der Waals surface area contributed by atoms with Crippen LogP contribution in [-0.2, 0) is 9.53 Å². The molecule has 2 N–H and O–H groups in total. The fraction of sp³-hybridized carbons (Fsp3) is 0.400. The first-order chi connectivity index (χ1) is 14.5. The highest BCUT2D eigenvalue weighted by Crippen LogP contribution is 2.34. The molecule has 1 saturated heterocycles. The van der Waals surface area contributed by atoms with Gasteiger partial charge in [-0.3, -0.25) is 18.9 Å². The summed E-state index contributed by atoms with van der Waals surface area (Å²) in [5.41, 5.74) is 0.490. The van der Waals surface area contributed by atoms with Gasteiger partial charge in [0.25, 0.3) is 11.5 Å². The number of carbonyl (C=O) groups excluding carboxylic acids is 1. The number of aliphatic hydroxyl groups is 1. The lowest BCUT2D eigenvalue weighted by molar-refractivity contribution is -0.123. The molecule has 1 atom stereocenters. The van der Waals surface area contributed by atoms with Crippen LogP contribution in [-0.4, -0.2) is 62.0 Å². The fourth-order valence-electron chi connectivity index (χ4n) is 2.95. The van der Waals surface area contributed by atoms with E-state index < -0.39 is 0 Å². The molecule has 0 radical (unpaired) electrons. The zero-order chi connectivity index (χ0) is 21.7. The number of hydrogen-bond acceptors (Lipinski definition) is 8. The average molecular weight is 449 g/mol. The number of thioether (sulfide) groups is 1. The Hall–Kier alpha value is -2.27. The Morgan fingerprint density at radius 1 is 1.37 bits per heavy atom. The van der Waals surface area contributed by atoms with E-state index in [0.29, 0.717) is 33.8 Å². The minimum Gasteiger partial charge on any atom is -0.394 e. The second kappa shape index (κ2) is 10.2. The Morgan fingerprint density at radius 3 is 2.90 bits per heavy atom. The molecule has 8 nitrogen and oxygen atoms in total. The molecular weight excluding hydrogens is 424 g/mol. The highest BCUT2D eigenvalue weighted by atomic mass is 32.2. The maximum absolute atomic E-state index is 13.1. The first kappa shape index (κ1) is 22.4. The molecule has 0 bridgehead atoms. The van der Waals surface area contributed by atoms with Gasteiger partial charge in [-0.15, -0.1) is 0 Å². The predicted octanol–water partition coefficient (Wildman–Crippen LogP) is 2.12. The molecule has 0 spiro atoms. The van der Waals surface area contributed by atoms with Crippen LogP contribution in [0, 0.1) is 0 Å².